The average molecular weight is 265 g/mol. The zero-order chi connectivity index (χ0) is 14.3. The molecule has 4 heteroatoms. The molecule has 1 aromatic rings. The van der Waals surface area contributed by atoms with Crippen LogP contribution in [-0.4, -0.2) is 25.6 Å². The van der Waals surface area contributed by atoms with Gasteiger partial charge in [-0.1, -0.05) is 6.92 Å². The van der Waals surface area contributed by atoms with Gasteiger partial charge in [-0.05, 0) is 38.1 Å². The first-order valence-electron chi connectivity index (χ1n) is 6.89. The molecule has 0 spiro atoms. The number of nitrogens with one attached hydrogen (secondary N) is 1. The summed E-state index contributed by atoms with van der Waals surface area (Å²) < 4.78 is 5.16. The third-order valence-corrected chi connectivity index (χ3v) is 3.27. The minimum absolute atomic E-state index is 0.0769. The van der Waals surface area contributed by atoms with E-state index in [4.69, 9.17) is 4.74 Å². The molecular formula is C15H25N2O2+. The third-order valence-electron chi connectivity index (χ3n) is 3.27. The van der Waals surface area contributed by atoms with Gasteiger partial charge in [-0.2, -0.15) is 0 Å². The van der Waals surface area contributed by atoms with Gasteiger partial charge >= 0.3 is 0 Å². The molecule has 0 saturated heterocycles. The Morgan fingerprint density at radius 1 is 1.32 bits per heavy atom. The van der Waals surface area contributed by atoms with Crippen LogP contribution >= 0.6 is 0 Å². The number of amides is 1. The van der Waals surface area contributed by atoms with Crippen LogP contribution in [0, 0.1) is 0 Å². The van der Waals surface area contributed by atoms with Crippen molar-refractivity contribution < 1.29 is 14.8 Å². The van der Waals surface area contributed by atoms with Crippen LogP contribution in [0.15, 0.2) is 24.3 Å². The second kappa shape index (κ2) is 7.79. The van der Waals surface area contributed by atoms with Crippen LogP contribution in [0.4, 0.5) is 0 Å². The Morgan fingerprint density at radius 3 is 2.42 bits per heavy atom. The fourth-order valence-electron chi connectivity index (χ4n) is 2.11. The molecule has 1 amide bonds. The quantitative estimate of drug-likeness (QED) is 0.779. The lowest BCUT2D eigenvalue weighted by atomic mass is 10.0. The van der Waals surface area contributed by atoms with Gasteiger partial charge in [-0.3, -0.25) is 4.79 Å². The molecule has 0 aromatic heterocycles. The summed E-state index contributed by atoms with van der Waals surface area (Å²) in [7, 11) is 1.66. The Labute approximate surface area is 115 Å². The van der Waals surface area contributed by atoms with Gasteiger partial charge in [-0.15, -0.1) is 0 Å². The normalized spacial score (nSPS) is 13.7. The van der Waals surface area contributed by atoms with E-state index >= 15 is 0 Å². The van der Waals surface area contributed by atoms with E-state index in [0.717, 1.165) is 12.2 Å². The molecule has 0 radical (unpaired) electrons. The number of rotatable bonds is 7. The van der Waals surface area contributed by atoms with E-state index in [-0.39, 0.29) is 11.9 Å². The van der Waals surface area contributed by atoms with E-state index in [9.17, 15) is 4.79 Å². The number of likely N-dealkylation sites (N-methyl/N-ethyl adjacent to an activating group) is 1. The zero-order valence-corrected chi connectivity index (χ0v) is 12.3. The summed E-state index contributed by atoms with van der Waals surface area (Å²) in [5.41, 5.74) is 1.22. The number of methoxy groups -OCH3 is 1. The van der Waals surface area contributed by atoms with Crippen LogP contribution in [0.5, 0.6) is 5.75 Å². The van der Waals surface area contributed by atoms with E-state index < -0.39 is 0 Å². The first-order chi connectivity index (χ1) is 9.12. The number of quaternary nitrogens is 1. The van der Waals surface area contributed by atoms with Crippen molar-refractivity contribution >= 4 is 5.91 Å². The van der Waals surface area contributed by atoms with Crippen LogP contribution in [0.25, 0.3) is 0 Å². The highest BCUT2D eigenvalue weighted by Gasteiger charge is 2.21. The Kier molecular flexibility index (Phi) is 6.36. The highest BCUT2D eigenvalue weighted by atomic mass is 16.5. The topological polar surface area (TPSA) is 54.9 Å². The number of ether oxygens (including phenoxy) is 1. The monoisotopic (exact) mass is 265 g/mol. The van der Waals surface area contributed by atoms with Crippen LogP contribution < -0.4 is 15.4 Å². The van der Waals surface area contributed by atoms with Gasteiger partial charge in [0.25, 0.3) is 5.91 Å². The molecule has 3 N–H and O–H groups in total. The van der Waals surface area contributed by atoms with Crippen molar-refractivity contribution in [3.05, 3.63) is 29.8 Å². The van der Waals surface area contributed by atoms with E-state index in [1.165, 1.54) is 5.56 Å². The van der Waals surface area contributed by atoms with E-state index in [1.54, 1.807) is 7.11 Å². The van der Waals surface area contributed by atoms with Gasteiger partial charge in [0.15, 0.2) is 6.04 Å². The van der Waals surface area contributed by atoms with Crippen molar-refractivity contribution in [2.75, 3.05) is 13.7 Å². The molecule has 0 heterocycles. The Morgan fingerprint density at radius 2 is 1.95 bits per heavy atom. The van der Waals surface area contributed by atoms with Crippen molar-refractivity contribution in [3.63, 3.8) is 0 Å². The minimum Gasteiger partial charge on any atom is -0.497 e. The summed E-state index contributed by atoms with van der Waals surface area (Å²) in [5, 5.41) is 4.97. The van der Waals surface area contributed by atoms with E-state index in [2.05, 4.69) is 29.7 Å². The molecule has 2 atom stereocenters. The molecule has 0 unspecified atom stereocenters. The predicted octanol–water partition coefficient (Wildman–Crippen LogP) is 1.23. The van der Waals surface area contributed by atoms with E-state index in [1.807, 2.05) is 26.0 Å². The molecule has 0 aliphatic carbocycles. The summed E-state index contributed by atoms with van der Waals surface area (Å²) in [6.45, 7) is 6.69. The lowest BCUT2D eigenvalue weighted by molar-refractivity contribution is -0.713. The molecule has 0 saturated carbocycles. The average Bonchev–Trinajstić information content (AvgIpc) is 2.45. The van der Waals surface area contributed by atoms with E-state index in [0.29, 0.717) is 12.6 Å². The number of benzene rings is 1. The number of carbonyl (C=O) groups is 1. The highest BCUT2D eigenvalue weighted by molar-refractivity contribution is 5.79. The molecule has 106 valence electrons. The first-order valence-corrected chi connectivity index (χ1v) is 6.89. The van der Waals surface area contributed by atoms with Gasteiger partial charge in [-0.25, -0.2) is 0 Å². The molecular weight excluding hydrogens is 240 g/mol. The molecule has 0 aliphatic heterocycles. The maximum Gasteiger partial charge on any atom is 0.277 e. The summed E-state index contributed by atoms with van der Waals surface area (Å²) in [6.07, 6.45) is 0.982. The minimum atomic E-state index is -0.0769. The standard InChI is InChI=1S/C15H24N2O2/c1-5-14(17-11(3)15(18)16-6-2)12-7-9-13(19-4)10-8-12/h7-11,14,17H,5-6H2,1-4H3,(H,16,18)/p+1/t11-,14-/m0/s1. The Balaban J connectivity index is 2.68. The van der Waals surface area contributed by atoms with Crippen LogP contribution in [-0.2, 0) is 4.79 Å². The third kappa shape index (κ3) is 4.56. The SMILES string of the molecule is CCNC(=O)[C@H](C)[NH2+][C@@H](CC)c1ccc(OC)cc1. The Hall–Kier alpha value is -1.55. The summed E-state index contributed by atoms with van der Waals surface area (Å²) in [5.74, 6) is 0.949. The Bertz CT molecular complexity index is 390. The van der Waals surface area contributed by atoms with Gasteiger partial charge in [0.1, 0.15) is 11.8 Å². The second-order valence-corrected chi connectivity index (χ2v) is 4.66. The molecule has 0 fully saturated rings. The predicted molar refractivity (Wildman–Crippen MR) is 76.1 cm³/mol. The summed E-state index contributed by atoms with van der Waals surface area (Å²) >= 11 is 0. The molecule has 0 aliphatic rings. The smallest absolute Gasteiger partial charge is 0.277 e. The molecule has 1 aromatic carbocycles. The zero-order valence-electron chi connectivity index (χ0n) is 12.3. The molecule has 4 nitrogen and oxygen atoms in total. The van der Waals surface area contributed by atoms with Crippen molar-refractivity contribution in [1.29, 1.82) is 0 Å². The molecule has 1 rings (SSSR count). The van der Waals surface area contributed by atoms with Crippen molar-refractivity contribution in [2.45, 2.75) is 39.3 Å². The van der Waals surface area contributed by atoms with Gasteiger partial charge in [0.2, 0.25) is 0 Å². The largest absolute Gasteiger partial charge is 0.497 e. The highest BCUT2D eigenvalue weighted by Crippen LogP contribution is 2.17. The number of nitrogens with two attached hydrogens (primary N) is 1. The number of hydrogen-bond acceptors (Lipinski definition) is 2. The van der Waals surface area contributed by atoms with Crippen molar-refractivity contribution in [1.82, 2.24) is 5.32 Å². The summed E-state index contributed by atoms with van der Waals surface area (Å²) in [6, 6.07) is 8.27. The maximum absolute atomic E-state index is 11.8. The maximum atomic E-state index is 11.8. The summed E-state index contributed by atoms with van der Waals surface area (Å²) in [4.78, 5) is 11.8. The van der Waals surface area contributed by atoms with Gasteiger partial charge < -0.3 is 15.4 Å². The van der Waals surface area contributed by atoms with Crippen molar-refractivity contribution in [3.8, 4) is 5.75 Å². The lowest BCUT2D eigenvalue weighted by Gasteiger charge is -2.19. The molecule has 19 heavy (non-hydrogen) atoms. The van der Waals surface area contributed by atoms with Crippen molar-refractivity contribution in [2.24, 2.45) is 0 Å². The van der Waals surface area contributed by atoms with Crippen LogP contribution in [0.2, 0.25) is 0 Å². The number of carbonyl (C=O) groups excluding carboxylic acids is 1. The van der Waals surface area contributed by atoms with Gasteiger partial charge in [0.05, 0.1) is 7.11 Å². The second-order valence-electron chi connectivity index (χ2n) is 4.66. The fourth-order valence-corrected chi connectivity index (χ4v) is 2.11. The van der Waals surface area contributed by atoms with Crippen LogP contribution in [0.3, 0.4) is 0 Å². The lowest BCUT2D eigenvalue weighted by Crippen LogP contribution is -2.92. The van der Waals surface area contributed by atoms with Gasteiger partial charge in [0, 0.05) is 18.5 Å². The first kappa shape index (κ1) is 15.5. The molecule has 0 bridgehead atoms. The van der Waals surface area contributed by atoms with Crippen LogP contribution in [0.1, 0.15) is 38.8 Å². The number of hydrogen-bond donors (Lipinski definition) is 2. The fraction of sp³-hybridized carbons (Fsp3) is 0.533.